The van der Waals surface area contributed by atoms with E-state index in [1.54, 1.807) is 12.4 Å². The molecular weight excluding hydrogens is 587 g/mol. The van der Waals surface area contributed by atoms with Crippen molar-refractivity contribution in [2.75, 3.05) is 0 Å². The minimum Gasteiger partial charge on any atom is -0.264 e. The molecule has 5 nitrogen and oxygen atoms in total. The van der Waals surface area contributed by atoms with Crippen LogP contribution in [0.15, 0.2) is 176 Å². The third-order valence-electron chi connectivity index (χ3n) is 8.30. The van der Waals surface area contributed by atoms with E-state index in [4.69, 9.17) is 15.0 Å². The Bertz CT molecular complexity index is 2190. The van der Waals surface area contributed by atoms with Crippen LogP contribution >= 0.6 is 0 Å². The van der Waals surface area contributed by atoms with Crippen molar-refractivity contribution in [3.63, 3.8) is 0 Å². The molecule has 0 aliphatic rings. The molecule has 48 heavy (non-hydrogen) atoms. The van der Waals surface area contributed by atoms with Crippen LogP contribution in [0.25, 0.3) is 78.7 Å². The highest BCUT2D eigenvalue weighted by Crippen LogP contribution is 2.42. The molecule has 5 heteroatoms. The van der Waals surface area contributed by atoms with Gasteiger partial charge in [0.25, 0.3) is 0 Å². The monoisotopic (exact) mass is 615 g/mol. The molecule has 8 rings (SSSR count). The molecular formula is C43H29N5. The van der Waals surface area contributed by atoms with Gasteiger partial charge in [-0.15, -0.1) is 0 Å². The summed E-state index contributed by atoms with van der Waals surface area (Å²) in [7, 11) is 0. The van der Waals surface area contributed by atoms with Gasteiger partial charge in [-0.2, -0.15) is 0 Å². The lowest BCUT2D eigenvalue weighted by Crippen LogP contribution is -2.01. The van der Waals surface area contributed by atoms with E-state index in [1.165, 1.54) is 0 Å². The first-order valence-electron chi connectivity index (χ1n) is 15.8. The number of pyridine rings is 2. The van der Waals surface area contributed by atoms with Crippen molar-refractivity contribution in [2.24, 2.45) is 0 Å². The molecule has 0 aliphatic heterocycles. The standard InChI is InChI=1S/C43H29N5/c1-4-13-30(14-5-1)35-25-36(40-38(33-19-11-23-44-28-33)21-10-22-39(40)34-20-12-24-45-29-34)27-37(26-35)43-47-41(31-15-6-2-7-16-31)46-42(48-43)32-17-8-3-9-18-32/h1-29H. The molecule has 0 saturated carbocycles. The maximum absolute atomic E-state index is 5.09. The van der Waals surface area contributed by atoms with E-state index < -0.39 is 0 Å². The summed E-state index contributed by atoms with van der Waals surface area (Å²) >= 11 is 0. The largest absolute Gasteiger partial charge is 0.264 e. The second-order valence-electron chi connectivity index (χ2n) is 11.4. The molecule has 0 saturated heterocycles. The lowest BCUT2D eigenvalue weighted by atomic mass is 9.86. The van der Waals surface area contributed by atoms with Crippen molar-refractivity contribution in [2.45, 2.75) is 0 Å². The molecule has 0 bridgehead atoms. The number of aromatic nitrogens is 5. The summed E-state index contributed by atoms with van der Waals surface area (Å²) in [6.07, 6.45) is 7.44. The summed E-state index contributed by atoms with van der Waals surface area (Å²) in [5, 5.41) is 0. The predicted octanol–water partition coefficient (Wildman–Crippen LogP) is 10.3. The molecule has 0 N–H and O–H groups in total. The van der Waals surface area contributed by atoms with Gasteiger partial charge in [0, 0.05) is 52.6 Å². The van der Waals surface area contributed by atoms with Crippen LogP contribution in [0.3, 0.4) is 0 Å². The second kappa shape index (κ2) is 13.0. The Morgan fingerprint density at radius 2 is 0.708 bits per heavy atom. The van der Waals surface area contributed by atoms with E-state index in [1.807, 2.05) is 91.3 Å². The quantitative estimate of drug-likeness (QED) is 0.178. The van der Waals surface area contributed by atoms with Crippen molar-refractivity contribution < 1.29 is 0 Å². The highest BCUT2D eigenvalue weighted by atomic mass is 15.0. The van der Waals surface area contributed by atoms with Crippen molar-refractivity contribution in [1.82, 2.24) is 24.9 Å². The minimum atomic E-state index is 0.600. The maximum atomic E-state index is 5.09. The zero-order chi connectivity index (χ0) is 32.1. The van der Waals surface area contributed by atoms with Crippen LogP contribution in [-0.4, -0.2) is 24.9 Å². The average Bonchev–Trinajstić information content (AvgIpc) is 3.19. The number of nitrogens with zero attached hydrogens (tertiary/aromatic N) is 5. The molecule has 0 fully saturated rings. The molecule has 3 aromatic heterocycles. The van der Waals surface area contributed by atoms with Gasteiger partial charge < -0.3 is 0 Å². The normalized spacial score (nSPS) is 10.9. The molecule has 0 radical (unpaired) electrons. The van der Waals surface area contributed by atoms with E-state index in [0.717, 1.165) is 61.2 Å². The first-order chi connectivity index (χ1) is 23.8. The van der Waals surface area contributed by atoms with Gasteiger partial charge >= 0.3 is 0 Å². The lowest BCUT2D eigenvalue weighted by Gasteiger charge is -2.18. The third kappa shape index (κ3) is 5.88. The van der Waals surface area contributed by atoms with Crippen LogP contribution < -0.4 is 0 Å². The van der Waals surface area contributed by atoms with Gasteiger partial charge in [0.15, 0.2) is 17.5 Å². The Morgan fingerprint density at radius 3 is 1.19 bits per heavy atom. The molecule has 0 spiro atoms. The Kier molecular flexibility index (Phi) is 7.83. The molecule has 0 aliphatic carbocycles. The highest BCUT2D eigenvalue weighted by molar-refractivity contribution is 5.96. The maximum Gasteiger partial charge on any atom is 0.164 e. The number of rotatable bonds is 7. The van der Waals surface area contributed by atoms with Crippen LogP contribution in [0.2, 0.25) is 0 Å². The topological polar surface area (TPSA) is 64.5 Å². The Labute approximate surface area is 279 Å². The predicted molar refractivity (Wildman–Crippen MR) is 193 cm³/mol. The summed E-state index contributed by atoms with van der Waals surface area (Å²) < 4.78 is 0. The lowest BCUT2D eigenvalue weighted by molar-refractivity contribution is 1.07. The van der Waals surface area contributed by atoms with Crippen LogP contribution in [0.5, 0.6) is 0 Å². The van der Waals surface area contributed by atoms with Crippen LogP contribution in [0, 0.1) is 0 Å². The first-order valence-corrected chi connectivity index (χ1v) is 15.8. The Balaban J connectivity index is 1.42. The zero-order valence-corrected chi connectivity index (χ0v) is 26.0. The summed E-state index contributed by atoms with van der Waals surface area (Å²) in [6.45, 7) is 0. The van der Waals surface area contributed by atoms with Crippen molar-refractivity contribution in [1.29, 1.82) is 0 Å². The Hall–Kier alpha value is -6.59. The van der Waals surface area contributed by atoms with Crippen molar-refractivity contribution in [3.05, 3.63) is 176 Å². The Morgan fingerprint density at radius 1 is 0.292 bits per heavy atom. The van der Waals surface area contributed by atoms with E-state index in [2.05, 4.69) is 82.8 Å². The van der Waals surface area contributed by atoms with Gasteiger partial charge in [-0.05, 0) is 63.7 Å². The van der Waals surface area contributed by atoms with E-state index in [-0.39, 0.29) is 0 Å². The van der Waals surface area contributed by atoms with Crippen molar-refractivity contribution in [3.8, 4) is 78.7 Å². The van der Waals surface area contributed by atoms with Crippen LogP contribution in [0.4, 0.5) is 0 Å². The van der Waals surface area contributed by atoms with Crippen LogP contribution in [0.1, 0.15) is 0 Å². The minimum absolute atomic E-state index is 0.600. The SMILES string of the molecule is c1ccc(-c2cc(-c3nc(-c4ccccc4)nc(-c4ccccc4)n3)cc(-c3c(-c4cccnc4)cccc3-c3cccnc3)c2)cc1. The zero-order valence-electron chi connectivity index (χ0n) is 26.0. The summed E-state index contributed by atoms with van der Waals surface area (Å²) in [5.41, 5.74) is 11.2. The van der Waals surface area contributed by atoms with Gasteiger partial charge in [-0.3, -0.25) is 9.97 Å². The van der Waals surface area contributed by atoms with E-state index in [0.29, 0.717) is 17.5 Å². The first kappa shape index (κ1) is 28.9. The molecule has 226 valence electrons. The average molecular weight is 616 g/mol. The molecule has 0 amide bonds. The fourth-order valence-corrected chi connectivity index (χ4v) is 6.02. The smallest absolute Gasteiger partial charge is 0.164 e. The third-order valence-corrected chi connectivity index (χ3v) is 8.30. The van der Waals surface area contributed by atoms with Gasteiger partial charge in [-0.25, -0.2) is 15.0 Å². The number of benzene rings is 5. The number of hydrogen-bond donors (Lipinski definition) is 0. The number of hydrogen-bond acceptors (Lipinski definition) is 5. The fourth-order valence-electron chi connectivity index (χ4n) is 6.02. The van der Waals surface area contributed by atoms with E-state index in [9.17, 15) is 0 Å². The van der Waals surface area contributed by atoms with Crippen LogP contribution in [-0.2, 0) is 0 Å². The summed E-state index contributed by atoms with van der Waals surface area (Å²) in [4.78, 5) is 24.0. The summed E-state index contributed by atoms with van der Waals surface area (Å²) in [6, 6.07) is 51.8. The van der Waals surface area contributed by atoms with Gasteiger partial charge in [-0.1, -0.05) is 121 Å². The van der Waals surface area contributed by atoms with Gasteiger partial charge in [0.05, 0.1) is 0 Å². The van der Waals surface area contributed by atoms with Gasteiger partial charge in [0.2, 0.25) is 0 Å². The highest BCUT2D eigenvalue weighted by Gasteiger charge is 2.19. The molecule has 3 heterocycles. The van der Waals surface area contributed by atoms with Gasteiger partial charge in [0.1, 0.15) is 0 Å². The fraction of sp³-hybridized carbons (Fsp3) is 0. The van der Waals surface area contributed by atoms with E-state index >= 15 is 0 Å². The summed E-state index contributed by atoms with van der Waals surface area (Å²) in [5.74, 6) is 1.85. The molecule has 8 aromatic rings. The molecule has 0 atom stereocenters. The van der Waals surface area contributed by atoms with Crippen molar-refractivity contribution >= 4 is 0 Å². The molecule has 5 aromatic carbocycles. The second-order valence-corrected chi connectivity index (χ2v) is 11.4. The molecule has 0 unspecified atom stereocenters.